The van der Waals surface area contributed by atoms with E-state index in [9.17, 15) is 9.59 Å². The van der Waals surface area contributed by atoms with Crippen molar-refractivity contribution in [2.45, 2.75) is 33.5 Å². The fraction of sp³-hybridized carbons (Fsp3) is 0.304. The van der Waals surface area contributed by atoms with Crippen molar-refractivity contribution >= 4 is 11.9 Å². The van der Waals surface area contributed by atoms with E-state index in [4.69, 9.17) is 9.47 Å². The predicted octanol–water partition coefficient (Wildman–Crippen LogP) is 4.69. The molecular weight excluding hydrogens is 340 g/mol. The number of hydrogen-bond acceptors (Lipinski definition) is 4. The Morgan fingerprint density at radius 3 is 1.81 bits per heavy atom. The first-order chi connectivity index (χ1) is 13.1. The van der Waals surface area contributed by atoms with Crippen LogP contribution in [0.2, 0.25) is 0 Å². The first kappa shape index (κ1) is 20.4. The minimum absolute atomic E-state index is 0.192. The third-order valence-corrected chi connectivity index (χ3v) is 4.35. The van der Waals surface area contributed by atoms with Crippen molar-refractivity contribution in [3.63, 3.8) is 0 Å². The number of ether oxygens (including phenoxy) is 2. The van der Waals surface area contributed by atoms with E-state index in [1.165, 1.54) is 0 Å². The normalized spacial score (nSPS) is 13.1. The molecule has 0 fully saturated rings. The molecule has 0 N–H and O–H groups in total. The first-order valence-electron chi connectivity index (χ1n) is 9.14. The highest BCUT2D eigenvalue weighted by Gasteiger charge is 2.31. The van der Waals surface area contributed by atoms with Crippen molar-refractivity contribution in [3.05, 3.63) is 83.9 Å². The number of carbonyl (C=O) groups excluding carboxylic acids is 2. The molecule has 0 radical (unpaired) electrons. The molecule has 2 aromatic carbocycles. The largest absolute Gasteiger partial charge is 0.461 e. The predicted molar refractivity (Wildman–Crippen MR) is 105 cm³/mol. The molecule has 0 spiro atoms. The number of rotatable bonds is 9. The van der Waals surface area contributed by atoms with E-state index in [1.54, 1.807) is 6.92 Å². The van der Waals surface area contributed by atoms with Gasteiger partial charge in [-0.3, -0.25) is 9.59 Å². The molecular formula is C23H26O4. The zero-order chi connectivity index (χ0) is 19.5. The van der Waals surface area contributed by atoms with Gasteiger partial charge in [0.1, 0.15) is 13.2 Å². The Labute approximate surface area is 160 Å². The average Bonchev–Trinajstić information content (AvgIpc) is 2.72. The fourth-order valence-electron chi connectivity index (χ4n) is 2.65. The van der Waals surface area contributed by atoms with Gasteiger partial charge in [-0.25, -0.2) is 0 Å². The molecule has 2 atom stereocenters. The van der Waals surface area contributed by atoms with Crippen LogP contribution in [-0.4, -0.2) is 11.9 Å². The van der Waals surface area contributed by atoms with Gasteiger partial charge in [0.15, 0.2) is 0 Å². The summed E-state index contributed by atoms with van der Waals surface area (Å²) in [7, 11) is 0. The Hall–Kier alpha value is -2.88. The molecule has 27 heavy (non-hydrogen) atoms. The average molecular weight is 366 g/mol. The summed E-state index contributed by atoms with van der Waals surface area (Å²) in [6.07, 6.45) is 4.17. The Morgan fingerprint density at radius 1 is 0.852 bits per heavy atom. The molecule has 2 aromatic rings. The molecule has 4 nitrogen and oxygen atoms in total. The van der Waals surface area contributed by atoms with Crippen LogP contribution in [0.15, 0.2) is 72.8 Å². The summed E-state index contributed by atoms with van der Waals surface area (Å²) in [5.41, 5.74) is 1.82. The molecule has 0 aliphatic carbocycles. The van der Waals surface area contributed by atoms with Crippen LogP contribution in [0.3, 0.4) is 0 Å². The number of benzene rings is 2. The van der Waals surface area contributed by atoms with E-state index in [1.807, 2.05) is 79.7 Å². The molecule has 0 saturated carbocycles. The highest BCUT2D eigenvalue weighted by atomic mass is 16.5. The maximum Gasteiger partial charge on any atom is 0.310 e. The highest BCUT2D eigenvalue weighted by molar-refractivity contribution is 5.82. The van der Waals surface area contributed by atoms with E-state index < -0.39 is 17.8 Å². The van der Waals surface area contributed by atoms with Gasteiger partial charge in [0.2, 0.25) is 0 Å². The van der Waals surface area contributed by atoms with Gasteiger partial charge in [-0.05, 0) is 24.5 Å². The summed E-state index contributed by atoms with van der Waals surface area (Å²) < 4.78 is 10.8. The molecule has 0 aromatic heterocycles. The van der Waals surface area contributed by atoms with Crippen molar-refractivity contribution in [2.24, 2.45) is 11.8 Å². The smallest absolute Gasteiger partial charge is 0.310 e. The second-order valence-corrected chi connectivity index (χ2v) is 6.39. The van der Waals surface area contributed by atoms with E-state index >= 15 is 0 Å². The standard InChI is InChI=1S/C23H26O4/c1-3-4-15-21(23(25)27-17-20-13-9-6-10-14-20)18(2)22(24)26-16-19-11-7-5-8-12-19/h3-14,18,21H,15-17H2,1-2H3. The maximum absolute atomic E-state index is 12.6. The lowest BCUT2D eigenvalue weighted by Gasteiger charge is -2.20. The van der Waals surface area contributed by atoms with Gasteiger partial charge in [-0.1, -0.05) is 79.7 Å². The lowest BCUT2D eigenvalue weighted by molar-refractivity contribution is -0.161. The molecule has 142 valence electrons. The minimum Gasteiger partial charge on any atom is -0.461 e. The molecule has 0 heterocycles. The summed E-state index contributed by atoms with van der Waals surface area (Å²) >= 11 is 0. The lowest BCUT2D eigenvalue weighted by Crippen LogP contribution is -2.30. The summed E-state index contributed by atoms with van der Waals surface area (Å²) in [4.78, 5) is 25.0. The number of esters is 2. The van der Waals surface area contributed by atoms with Gasteiger partial charge in [0.05, 0.1) is 11.8 Å². The Kier molecular flexibility index (Phi) is 8.30. The van der Waals surface area contributed by atoms with E-state index in [-0.39, 0.29) is 19.2 Å². The summed E-state index contributed by atoms with van der Waals surface area (Å²) in [5.74, 6) is -1.95. The van der Waals surface area contributed by atoms with Crippen LogP contribution in [0.5, 0.6) is 0 Å². The molecule has 0 aliphatic heterocycles. The van der Waals surface area contributed by atoms with Crippen molar-refractivity contribution in [2.75, 3.05) is 0 Å². The summed E-state index contributed by atoms with van der Waals surface area (Å²) in [6.45, 7) is 3.98. The zero-order valence-corrected chi connectivity index (χ0v) is 15.8. The second kappa shape index (κ2) is 11.0. The van der Waals surface area contributed by atoms with Crippen LogP contribution in [-0.2, 0) is 32.3 Å². The minimum atomic E-state index is -0.590. The Morgan fingerprint density at radius 2 is 1.33 bits per heavy atom. The number of allylic oxidation sites excluding steroid dienone is 2. The monoisotopic (exact) mass is 366 g/mol. The van der Waals surface area contributed by atoms with Crippen molar-refractivity contribution in [1.82, 2.24) is 0 Å². The van der Waals surface area contributed by atoms with Gasteiger partial charge in [0, 0.05) is 0 Å². The SMILES string of the molecule is CC=CCC(C(=O)OCc1ccccc1)C(C)C(=O)OCc1ccccc1. The Balaban J connectivity index is 1.95. The number of carbonyl (C=O) groups is 2. The quantitative estimate of drug-likeness (QED) is 0.477. The molecule has 2 rings (SSSR count). The summed E-state index contributed by atoms with van der Waals surface area (Å²) in [5, 5.41) is 0. The van der Waals surface area contributed by atoms with E-state index in [2.05, 4.69) is 0 Å². The Bertz CT molecular complexity index is 737. The maximum atomic E-state index is 12.6. The van der Waals surface area contributed by atoms with Crippen LogP contribution in [0.1, 0.15) is 31.4 Å². The molecule has 0 bridgehead atoms. The first-order valence-corrected chi connectivity index (χ1v) is 9.14. The molecule has 4 heteroatoms. The van der Waals surface area contributed by atoms with Crippen molar-refractivity contribution < 1.29 is 19.1 Å². The molecule has 0 aliphatic rings. The number of hydrogen-bond donors (Lipinski definition) is 0. The van der Waals surface area contributed by atoms with Crippen LogP contribution >= 0.6 is 0 Å². The van der Waals surface area contributed by atoms with Crippen molar-refractivity contribution in [3.8, 4) is 0 Å². The molecule has 0 amide bonds. The zero-order valence-electron chi connectivity index (χ0n) is 15.8. The van der Waals surface area contributed by atoms with Crippen LogP contribution < -0.4 is 0 Å². The third-order valence-electron chi connectivity index (χ3n) is 4.35. The van der Waals surface area contributed by atoms with Crippen LogP contribution in [0.4, 0.5) is 0 Å². The van der Waals surface area contributed by atoms with E-state index in [0.29, 0.717) is 6.42 Å². The fourth-order valence-corrected chi connectivity index (χ4v) is 2.65. The lowest BCUT2D eigenvalue weighted by atomic mass is 9.91. The molecule has 0 saturated heterocycles. The van der Waals surface area contributed by atoms with E-state index in [0.717, 1.165) is 11.1 Å². The summed E-state index contributed by atoms with van der Waals surface area (Å²) in [6, 6.07) is 19.0. The second-order valence-electron chi connectivity index (χ2n) is 6.39. The molecule has 2 unspecified atom stereocenters. The topological polar surface area (TPSA) is 52.6 Å². The van der Waals surface area contributed by atoms with Crippen molar-refractivity contribution in [1.29, 1.82) is 0 Å². The van der Waals surface area contributed by atoms with Gasteiger partial charge >= 0.3 is 11.9 Å². The van der Waals surface area contributed by atoms with Gasteiger partial charge in [0.25, 0.3) is 0 Å². The van der Waals surface area contributed by atoms with Crippen LogP contribution in [0, 0.1) is 11.8 Å². The third kappa shape index (κ3) is 6.74. The van der Waals surface area contributed by atoms with Gasteiger partial charge in [-0.2, -0.15) is 0 Å². The highest BCUT2D eigenvalue weighted by Crippen LogP contribution is 2.21. The van der Waals surface area contributed by atoms with Gasteiger partial charge in [-0.15, -0.1) is 0 Å². The van der Waals surface area contributed by atoms with Gasteiger partial charge < -0.3 is 9.47 Å². The van der Waals surface area contributed by atoms with Crippen LogP contribution in [0.25, 0.3) is 0 Å².